The zero-order chi connectivity index (χ0) is 22.9. The van der Waals surface area contributed by atoms with Crippen molar-refractivity contribution in [1.29, 1.82) is 0 Å². The number of aromatic nitrogens is 1. The monoisotopic (exact) mass is 429 g/mol. The molecule has 3 aromatic rings. The number of nitrogens with one attached hydrogen (secondary N) is 1. The number of amides is 2. The van der Waals surface area contributed by atoms with Crippen molar-refractivity contribution in [2.75, 3.05) is 18.9 Å². The van der Waals surface area contributed by atoms with Crippen molar-refractivity contribution < 1.29 is 18.7 Å². The Morgan fingerprint density at radius 3 is 2.78 bits per heavy atom. The van der Waals surface area contributed by atoms with E-state index >= 15 is 0 Å². The Kier molecular flexibility index (Phi) is 7.33. The molecule has 7 heteroatoms. The summed E-state index contributed by atoms with van der Waals surface area (Å²) < 4.78 is 19.8. The first-order valence-corrected chi connectivity index (χ1v) is 9.62. The number of hydrogen-bond acceptors (Lipinski definition) is 4. The van der Waals surface area contributed by atoms with Gasteiger partial charge in [0.2, 0.25) is 11.8 Å². The van der Waals surface area contributed by atoms with E-state index in [1.54, 1.807) is 48.7 Å². The minimum Gasteiger partial charge on any atom is -0.453 e. The van der Waals surface area contributed by atoms with Crippen LogP contribution in [-0.4, -0.2) is 35.3 Å². The fourth-order valence-electron chi connectivity index (χ4n) is 2.71. The molecule has 160 valence electrons. The number of carbonyl (C=O) groups is 2. The fourth-order valence-corrected chi connectivity index (χ4v) is 2.71. The molecule has 0 saturated heterocycles. The Morgan fingerprint density at radius 1 is 1.22 bits per heavy atom. The number of terminal acetylenes is 1. The van der Waals surface area contributed by atoms with Gasteiger partial charge in [0, 0.05) is 30.6 Å². The van der Waals surface area contributed by atoms with Gasteiger partial charge in [-0.1, -0.05) is 18.1 Å². The van der Waals surface area contributed by atoms with E-state index in [4.69, 9.17) is 11.2 Å². The Morgan fingerprint density at radius 2 is 2.06 bits per heavy atom. The van der Waals surface area contributed by atoms with Crippen LogP contribution in [0, 0.1) is 18.2 Å². The third-order valence-electron chi connectivity index (χ3n) is 4.31. The number of rotatable bonds is 7. The number of halogens is 1. The number of ether oxygens (including phenoxy) is 1. The van der Waals surface area contributed by atoms with Crippen LogP contribution in [0.5, 0.6) is 11.5 Å². The van der Waals surface area contributed by atoms with E-state index in [-0.39, 0.29) is 18.2 Å². The van der Waals surface area contributed by atoms with Crippen molar-refractivity contribution in [3.63, 3.8) is 0 Å². The molecule has 0 fully saturated rings. The number of likely N-dealkylation sites (N-methyl/N-ethyl adjacent to an activating group) is 1. The smallest absolute Gasteiger partial charge is 0.246 e. The van der Waals surface area contributed by atoms with Crippen molar-refractivity contribution in [2.24, 2.45) is 0 Å². The second-order valence-corrected chi connectivity index (χ2v) is 6.78. The summed E-state index contributed by atoms with van der Waals surface area (Å²) in [5.74, 6) is 1.59. The number of anilines is 1. The second kappa shape index (κ2) is 10.5. The molecule has 1 N–H and O–H groups in total. The predicted octanol–water partition coefficient (Wildman–Crippen LogP) is 4.10. The first kappa shape index (κ1) is 22.2. The van der Waals surface area contributed by atoms with Gasteiger partial charge in [0.1, 0.15) is 5.75 Å². The van der Waals surface area contributed by atoms with Gasteiger partial charge in [0.15, 0.2) is 11.6 Å². The second-order valence-electron chi connectivity index (χ2n) is 6.78. The van der Waals surface area contributed by atoms with Gasteiger partial charge < -0.3 is 15.0 Å². The van der Waals surface area contributed by atoms with E-state index in [9.17, 15) is 14.0 Å². The summed E-state index contributed by atoms with van der Waals surface area (Å²) in [7, 11) is 1.50. The van der Waals surface area contributed by atoms with Crippen molar-refractivity contribution in [3.8, 4) is 23.8 Å². The highest BCUT2D eigenvalue weighted by molar-refractivity contribution is 5.98. The van der Waals surface area contributed by atoms with Crippen molar-refractivity contribution in [1.82, 2.24) is 9.88 Å². The molecule has 0 bridgehead atoms. The average molecular weight is 429 g/mol. The van der Waals surface area contributed by atoms with E-state index in [0.29, 0.717) is 22.6 Å². The molecular formula is C25H20FN3O3. The van der Waals surface area contributed by atoms with Gasteiger partial charge in [-0.2, -0.15) is 0 Å². The maximum absolute atomic E-state index is 14.3. The fraction of sp³-hybridized carbons (Fsp3) is 0.0800. The van der Waals surface area contributed by atoms with Gasteiger partial charge in [-0.25, -0.2) is 4.39 Å². The maximum Gasteiger partial charge on any atom is 0.246 e. The van der Waals surface area contributed by atoms with E-state index in [1.165, 1.54) is 42.4 Å². The normalized spacial score (nSPS) is 10.4. The van der Waals surface area contributed by atoms with Crippen LogP contribution in [0.2, 0.25) is 0 Å². The van der Waals surface area contributed by atoms with Gasteiger partial charge in [0.05, 0.1) is 12.7 Å². The van der Waals surface area contributed by atoms with Crippen molar-refractivity contribution >= 4 is 23.6 Å². The summed E-state index contributed by atoms with van der Waals surface area (Å²) in [5.41, 5.74) is 1.66. The lowest BCUT2D eigenvalue weighted by molar-refractivity contribution is -0.129. The van der Waals surface area contributed by atoms with E-state index in [2.05, 4.69) is 16.2 Å². The van der Waals surface area contributed by atoms with Crippen LogP contribution >= 0.6 is 0 Å². The topological polar surface area (TPSA) is 71.5 Å². The molecule has 2 aromatic carbocycles. The third-order valence-corrected chi connectivity index (χ3v) is 4.31. The molecule has 0 aliphatic rings. The van der Waals surface area contributed by atoms with Crippen molar-refractivity contribution in [3.05, 3.63) is 90.0 Å². The molecule has 0 saturated carbocycles. The summed E-state index contributed by atoms with van der Waals surface area (Å²) in [6.45, 7) is -0.157. The molecule has 0 aliphatic carbocycles. The Bertz CT molecular complexity index is 1190. The molecule has 0 atom stereocenters. The molecule has 1 aromatic heterocycles. The number of carbonyl (C=O) groups excluding carboxylic acids is 2. The largest absolute Gasteiger partial charge is 0.453 e. The highest BCUT2D eigenvalue weighted by Crippen LogP contribution is 2.24. The SMILES string of the molecule is C#Cc1cccc(NC(=O)CN(C)C(=O)/C=C/c2ccc(Oc3cccnc3)c(F)c2)c1. The lowest BCUT2D eigenvalue weighted by Crippen LogP contribution is -2.33. The Labute approximate surface area is 185 Å². The molecule has 0 aliphatic heterocycles. The van der Waals surface area contributed by atoms with E-state index in [1.807, 2.05) is 0 Å². The van der Waals surface area contributed by atoms with Crippen LogP contribution in [0.25, 0.3) is 6.08 Å². The maximum atomic E-state index is 14.3. The number of pyridine rings is 1. The summed E-state index contributed by atoms with van der Waals surface area (Å²) in [6, 6.07) is 14.5. The van der Waals surface area contributed by atoms with Crippen LogP contribution in [0.3, 0.4) is 0 Å². The highest BCUT2D eigenvalue weighted by Gasteiger charge is 2.11. The van der Waals surface area contributed by atoms with Crippen LogP contribution in [0.15, 0.2) is 73.1 Å². The van der Waals surface area contributed by atoms with Crippen LogP contribution in [0.4, 0.5) is 10.1 Å². The average Bonchev–Trinajstić information content (AvgIpc) is 2.79. The summed E-state index contributed by atoms with van der Waals surface area (Å²) >= 11 is 0. The molecular weight excluding hydrogens is 409 g/mol. The summed E-state index contributed by atoms with van der Waals surface area (Å²) in [5, 5.41) is 2.69. The van der Waals surface area contributed by atoms with Gasteiger partial charge in [-0.15, -0.1) is 6.42 Å². The van der Waals surface area contributed by atoms with Gasteiger partial charge in [-0.3, -0.25) is 14.6 Å². The summed E-state index contributed by atoms with van der Waals surface area (Å²) in [4.78, 5) is 29.6. The lowest BCUT2D eigenvalue weighted by atomic mass is 10.2. The number of nitrogens with zero attached hydrogens (tertiary/aromatic N) is 2. The summed E-state index contributed by atoms with van der Waals surface area (Å²) in [6.07, 6.45) is 11.1. The van der Waals surface area contributed by atoms with E-state index in [0.717, 1.165) is 0 Å². The minimum absolute atomic E-state index is 0.0455. The zero-order valence-electron chi connectivity index (χ0n) is 17.3. The lowest BCUT2D eigenvalue weighted by Gasteiger charge is -2.15. The van der Waals surface area contributed by atoms with Crippen LogP contribution in [-0.2, 0) is 9.59 Å². The molecule has 32 heavy (non-hydrogen) atoms. The van der Waals surface area contributed by atoms with Gasteiger partial charge in [-0.05, 0) is 54.1 Å². The standard InChI is InChI=1S/C25H20FN3O3/c1-3-18-6-4-7-20(14-18)28-24(30)17-29(2)25(31)12-10-19-9-11-23(22(26)15-19)32-21-8-5-13-27-16-21/h1,4-16H,17H2,2H3,(H,28,30)/b12-10+. The zero-order valence-corrected chi connectivity index (χ0v) is 17.3. The first-order valence-electron chi connectivity index (χ1n) is 9.62. The number of hydrogen-bond donors (Lipinski definition) is 1. The van der Waals surface area contributed by atoms with Crippen LogP contribution < -0.4 is 10.1 Å². The van der Waals surface area contributed by atoms with Gasteiger partial charge in [0.25, 0.3) is 0 Å². The molecule has 3 rings (SSSR count). The van der Waals surface area contributed by atoms with Crippen LogP contribution in [0.1, 0.15) is 11.1 Å². The molecule has 0 radical (unpaired) electrons. The van der Waals surface area contributed by atoms with Crippen molar-refractivity contribution in [2.45, 2.75) is 0 Å². The highest BCUT2D eigenvalue weighted by atomic mass is 19.1. The van der Waals surface area contributed by atoms with Gasteiger partial charge >= 0.3 is 0 Å². The molecule has 1 heterocycles. The Balaban J connectivity index is 1.56. The minimum atomic E-state index is -0.578. The number of benzene rings is 2. The van der Waals surface area contributed by atoms with E-state index < -0.39 is 11.7 Å². The molecule has 0 spiro atoms. The molecule has 0 unspecified atom stereocenters. The quantitative estimate of drug-likeness (QED) is 0.453. The molecule has 2 amide bonds. The predicted molar refractivity (Wildman–Crippen MR) is 120 cm³/mol. The molecule has 6 nitrogen and oxygen atoms in total. The first-order chi connectivity index (χ1) is 15.4. The Hall–Kier alpha value is -4.44. The third kappa shape index (κ3) is 6.28.